The van der Waals surface area contributed by atoms with Crippen molar-refractivity contribution in [2.45, 2.75) is 6.42 Å². The lowest BCUT2D eigenvalue weighted by atomic mass is 10.1. The van der Waals surface area contributed by atoms with Crippen molar-refractivity contribution in [3.63, 3.8) is 0 Å². The van der Waals surface area contributed by atoms with E-state index in [1.54, 1.807) is 18.2 Å². The summed E-state index contributed by atoms with van der Waals surface area (Å²) >= 11 is 10.3. The summed E-state index contributed by atoms with van der Waals surface area (Å²) in [5.74, 6) is -0.539. The molecule has 1 aromatic carbocycles. The van der Waals surface area contributed by atoms with Gasteiger partial charge in [0.05, 0.1) is 8.66 Å². The van der Waals surface area contributed by atoms with Gasteiger partial charge in [0.15, 0.2) is 5.78 Å². The Morgan fingerprint density at radius 3 is 2.71 bits per heavy atom. The molecule has 0 saturated heterocycles. The van der Waals surface area contributed by atoms with E-state index >= 15 is 0 Å². The molecule has 17 heavy (non-hydrogen) atoms. The zero-order chi connectivity index (χ0) is 12.4. The van der Waals surface area contributed by atoms with Crippen LogP contribution in [0.1, 0.15) is 15.2 Å². The molecule has 1 aromatic heterocycles. The van der Waals surface area contributed by atoms with Gasteiger partial charge in [-0.15, -0.1) is 11.3 Å². The summed E-state index contributed by atoms with van der Waals surface area (Å²) < 4.78 is 14.4. The number of halogens is 3. The molecule has 0 amide bonds. The van der Waals surface area contributed by atoms with Crippen LogP contribution in [0.4, 0.5) is 4.39 Å². The van der Waals surface area contributed by atoms with Gasteiger partial charge in [0, 0.05) is 11.4 Å². The van der Waals surface area contributed by atoms with Crippen LogP contribution in [0.3, 0.4) is 0 Å². The molecule has 2 rings (SSSR count). The molecule has 0 radical (unpaired) electrons. The fourth-order valence-electron chi connectivity index (χ4n) is 1.39. The van der Waals surface area contributed by atoms with Gasteiger partial charge in [-0.1, -0.05) is 17.7 Å². The molecule has 0 N–H and O–H groups in total. The number of hydrogen-bond acceptors (Lipinski definition) is 2. The zero-order valence-corrected chi connectivity index (χ0v) is 11.7. The van der Waals surface area contributed by atoms with Crippen LogP contribution < -0.4 is 0 Å². The van der Waals surface area contributed by atoms with Crippen LogP contribution in [0.5, 0.6) is 0 Å². The Morgan fingerprint density at radius 1 is 1.35 bits per heavy atom. The molecule has 0 aliphatic rings. The van der Waals surface area contributed by atoms with Gasteiger partial charge in [-0.05, 0) is 45.8 Å². The van der Waals surface area contributed by atoms with Crippen molar-refractivity contribution in [1.29, 1.82) is 0 Å². The molecule has 0 fully saturated rings. The predicted octanol–water partition coefficient (Wildman–Crippen LogP) is 4.73. The van der Waals surface area contributed by atoms with Gasteiger partial charge in [-0.3, -0.25) is 4.79 Å². The highest BCUT2D eigenvalue weighted by Gasteiger charge is 2.12. The van der Waals surface area contributed by atoms with E-state index in [0.717, 1.165) is 3.79 Å². The minimum atomic E-state index is -0.443. The number of carbonyl (C=O) groups excluding carboxylic acids is 1. The average Bonchev–Trinajstić information content (AvgIpc) is 2.69. The molecule has 1 nitrogen and oxygen atoms in total. The molecular formula is C12H7BrClFOS. The number of carbonyl (C=O) groups is 1. The van der Waals surface area contributed by atoms with Gasteiger partial charge in [-0.25, -0.2) is 4.39 Å². The van der Waals surface area contributed by atoms with Crippen LogP contribution in [0.15, 0.2) is 34.1 Å². The Morgan fingerprint density at radius 2 is 2.12 bits per heavy atom. The molecular weight excluding hydrogens is 327 g/mol. The monoisotopic (exact) mass is 332 g/mol. The summed E-state index contributed by atoms with van der Waals surface area (Å²) in [5, 5.41) is 0.331. The second-order valence-electron chi connectivity index (χ2n) is 3.44. The average molecular weight is 334 g/mol. The fraction of sp³-hybridized carbons (Fsp3) is 0.0833. The van der Waals surface area contributed by atoms with Crippen LogP contribution in [0.25, 0.3) is 0 Å². The standard InChI is InChI=1S/C12H7BrClFOS/c13-12-4-3-11(17-12)10(16)5-7-1-2-8(14)6-9(7)15/h1-4,6H,5H2. The lowest BCUT2D eigenvalue weighted by molar-refractivity contribution is 0.0995. The van der Waals surface area contributed by atoms with Crippen molar-refractivity contribution in [2.75, 3.05) is 0 Å². The minimum absolute atomic E-state index is 0.0515. The van der Waals surface area contributed by atoms with E-state index in [0.29, 0.717) is 15.5 Å². The summed E-state index contributed by atoms with van der Waals surface area (Å²) in [5.41, 5.74) is 0.365. The first-order chi connectivity index (χ1) is 8.06. The molecule has 5 heteroatoms. The van der Waals surface area contributed by atoms with Crippen molar-refractivity contribution in [3.8, 4) is 0 Å². The highest BCUT2D eigenvalue weighted by atomic mass is 79.9. The number of benzene rings is 1. The maximum absolute atomic E-state index is 13.5. The Balaban J connectivity index is 2.18. The first kappa shape index (κ1) is 12.7. The lowest BCUT2D eigenvalue weighted by Gasteiger charge is -2.01. The summed E-state index contributed by atoms with van der Waals surface area (Å²) in [4.78, 5) is 12.5. The third-order valence-electron chi connectivity index (χ3n) is 2.21. The lowest BCUT2D eigenvalue weighted by Crippen LogP contribution is -2.03. The summed E-state index contributed by atoms with van der Waals surface area (Å²) in [6.07, 6.45) is 0.0515. The number of rotatable bonds is 3. The third kappa shape index (κ3) is 3.15. The fourth-order valence-corrected chi connectivity index (χ4v) is 2.87. The van der Waals surface area contributed by atoms with Gasteiger partial charge < -0.3 is 0 Å². The maximum Gasteiger partial charge on any atom is 0.177 e. The highest BCUT2D eigenvalue weighted by molar-refractivity contribution is 9.11. The van der Waals surface area contributed by atoms with Gasteiger partial charge in [0.25, 0.3) is 0 Å². The molecule has 0 unspecified atom stereocenters. The zero-order valence-electron chi connectivity index (χ0n) is 8.54. The number of ketones is 1. The van der Waals surface area contributed by atoms with Gasteiger partial charge in [-0.2, -0.15) is 0 Å². The second kappa shape index (κ2) is 5.29. The van der Waals surface area contributed by atoms with E-state index in [1.165, 1.54) is 23.5 Å². The molecule has 0 aliphatic heterocycles. The van der Waals surface area contributed by atoms with E-state index in [1.807, 2.05) is 0 Å². The molecule has 0 aliphatic carbocycles. The van der Waals surface area contributed by atoms with Crippen molar-refractivity contribution in [2.24, 2.45) is 0 Å². The number of Topliss-reactive ketones (excluding diaryl/α,β-unsaturated/α-hetero) is 1. The summed E-state index contributed by atoms with van der Waals surface area (Å²) in [6.45, 7) is 0. The van der Waals surface area contributed by atoms with Crippen LogP contribution >= 0.6 is 38.9 Å². The first-order valence-electron chi connectivity index (χ1n) is 4.79. The summed E-state index contributed by atoms with van der Waals surface area (Å²) in [7, 11) is 0. The maximum atomic E-state index is 13.5. The predicted molar refractivity (Wildman–Crippen MR) is 71.5 cm³/mol. The molecule has 0 saturated carbocycles. The molecule has 1 heterocycles. The van der Waals surface area contributed by atoms with E-state index in [9.17, 15) is 9.18 Å². The summed E-state index contributed by atoms with van der Waals surface area (Å²) in [6, 6.07) is 7.87. The smallest absolute Gasteiger partial charge is 0.177 e. The Bertz CT molecular complexity index is 567. The largest absolute Gasteiger partial charge is 0.293 e. The van der Waals surface area contributed by atoms with E-state index < -0.39 is 5.82 Å². The van der Waals surface area contributed by atoms with Crippen molar-refractivity contribution >= 4 is 44.7 Å². The number of thiophene rings is 1. The van der Waals surface area contributed by atoms with Gasteiger partial charge >= 0.3 is 0 Å². The molecule has 0 bridgehead atoms. The Labute approximate surface area is 115 Å². The normalized spacial score (nSPS) is 10.5. The van der Waals surface area contributed by atoms with E-state index in [4.69, 9.17) is 11.6 Å². The van der Waals surface area contributed by atoms with Crippen molar-refractivity contribution in [1.82, 2.24) is 0 Å². The van der Waals surface area contributed by atoms with Gasteiger partial charge in [0.1, 0.15) is 5.82 Å². The Hall–Kier alpha value is -0.710. The van der Waals surface area contributed by atoms with Crippen LogP contribution in [-0.4, -0.2) is 5.78 Å². The molecule has 2 aromatic rings. The van der Waals surface area contributed by atoms with E-state index in [-0.39, 0.29) is 12.2 Å². The van der Waals surface area contributed by atoms with Crippen molar-refractivity contribution in [3.05, 3.63) is 55.4 Å². The minimum Gasteiger partial charge on any atom is -0.293 e. The van der Waals surface area contributed by atoms with Crippen LogP contribution in [-0.2, 0) is 6.42 Å². The first-order valence-corrected chi connectivity index (χ1v) is 6.77. The molecule has 0 spiro atoms. The van der Waals surface area contributed by atoms with Gasteiger partial charge in [0.2, 0.25) is 0 Å². The molecule has 0 atom stereocenters. The topological polar surface area (TPSA) is 17.1 Å². The quantitative estimate of drug-likeness (QED) is 0.742. The Kier molecular flexibility index (Phi) is 3.97. The second-order valence-corrected chi connectivity index (χ2v) is 6.34. The highest BCUT2D eigenvalue weighted by Crippen LogP contribution is 2.24. The van der Waals surface area contributed by atoms with Crippen LogP contribution in [0.2, 0.25) is 5.02 Å². The third-order valence-corrected chi connectivity index (χ3v) is 4.11. The van der Waals surface area contributed by atoms with Crippen molar-refractivity contribution < 1.29 is 9.18 Å². The van der Waals surface area contributed by atoms with Crippen LogP contribution in [0, 0.1) is 5.82 Å². The van der Waals surface area contributed by atoms with E-state index in [2.05, 4.69) is 15.9 Å². The number of hydrogen-bond donors (Lipinski definition) is 0. The SMILES string of the molecule is O=C(Cc1ccc(Cl)cc1F)c1ccc(Br)s1. The molecule has 88 valence electrons.